The number of hydrogen-bond donors (Lipinski definition) is 1. The van der Waals surface area contributed by atoms with Crippen molar-refractivity contribution in [1.29, 1.82) is 0 Å². The average Bonchev–Trinajstić information content (AvgIpc) is 2.86. The number of nitro benzene ring substituents is 1. The summed E-state index contributed by atoms with van der Waals surface area (Å²) in [6.07, 6.45) is 0. The van der Waals surface area contributed by atoms with Gasteiger partial charge in [-0.25, -0.2) is 4.79 Å². The lowest BCUT2D eigenvalue weighted by Gasteiger charge is -2.16. The Kier molecular flexibility index (Phi) is 4.91. The number of nitrogens with zero attached hydrogens (tertiary/aromatic N) is 2. The molecule has 0 saturated heterocycles. The monoisotopic (exact) mass is 433 g/mol. The van der Waals surface area contributed by atoms with Gasteiger partial charge in [-0.1, -0.05) is 15.9 Å². The highest BCUT2D eigenvalue weighted by Crippen LogP contribution is 2.30. The topological polar surface area (TPSA) is 119 Å². The molecular formula is C17H12BrN3O6. The quantitative estimate of drug-likeness (QED) is 0.332. The van der Waals surface area contributed by atoms with Crippen molar-refractivity contribution in [3.8, 4) is 0 Å². The molecule has 2 aromatic carbocycles. The van der Waals surface area contributed by atoms with Crippen molar-refractivity contribution in [2.45, 2.75) is 6.92 Å². The fraction of sp³-hybridized carbons (Fsp3) is 0.118. The summed E-state index contributed by atoms with van der Waals surface area (Å²) in [6, 6.07) is 8.17. The molecule has 1 N–H and O–H groups in total. The highest BCUT2D eigenvalue weighted by Gasteiger charge is 2.37. The maximum absolute atomic E-state index is 12.5. The van der Waals surface area contributed by atoms with Crippen molar-refractivity contribution in [1.82, 2.24) is 5.01 Å². The van der Waals surface area contributed by atoms with Crippen LogP contribution in [0.15, 0.2) is 40.9 Å². The minimum Gasteiger partial charge on any atom is -0.462 e. The predicted octanol–water partition coefficient (Wildman–Crippen LogP) is 3.16. The van der Waals surface area contributed by atoms with E-state index in [0.717, 1.165) is 6.07 Å². The van der Waals surface area contributed by atoms with Crippen LogP contribution in [0, 0.1) is 10.1 Å². The number of hydrazine groups is 1. The molecule has 0 fully saturated rings. The lowest BCUT2D eigenvalue weighted by molar-refractivity contribution is -0.384. The van der Waals surface area contributed by atoms with Crippen LogP contribution in [-0.4, -0.2) is 34.3 Å². The van der Waals surface area contributed by atoms with Gasteiger partial charge in [-0.15, -0.1) is 0 Å². The summed E-state index contributed by atoms with van der Waals surface area (Å²) < 4.78 is 5.44. The number of carbonyl (C=O) groups is 3. The van der Waals surface area contributed by atoms with E-state index >= 15 is 0 Å². The van der Waals surface area contributed by atoms with Crippen molar-refractivity contribution < 1.29 is 24.0 Å². The van der Waals surface area contributed by atoms with Gasteiger partial charge >= 0.3 is 5.97 Å². The fourth-order valence-electron chi connectivity index (χ4n) is 2.55. The standard InChI is InChI=1S/C17H12BrN3O6/c1-2-27-17(24)9-3-6-13(14(7-9)21(25)26)19-20-15(22)11-5-4-10(18)8-12(11)16(20)23/h3-8,19H,2H2,1H3. The summed E-state index contributed by atoms with van der Waals surface area (Å²) in [4.78, 5) is 47.4. The number of anilines is 1. The van der Waals surface area contributed by atoms with Gasteiger partial charge in [0, 0.05) is 10.5 Å². The van der Waals surface area contributed by atoms with Crippen LogP contribution in [0.4, 0.5) is 11.4 Å². The van der Waals surface area contributed by atoms with E-state index in [9.17, 15) is 24.5 Å². The number of benzene rings is 2. The van der Waals surface area contributed by atoms with Crippen molar-refractivity contribution in [3.05, 3.63) is 67.7 Å². The van der Waals surface area contributed by atoms with E-state index < -0.39 is 28.4 Å². The first kappa shape index (κ1) is 18.5. The number of nitrogens with one attached hydrogen (secondary N) is 1. The molecule has 10 heteroatoms. The highest BCUT2D eigenvalue weighted by molar-refractivity contribution is 9.10. The molecular weight excluding hydrogens is 422 g/mol. The van der Waals surface area contributed by atoms with Gasteiger partial charge in [-0.05, 0) is 37.3 Å². The van der Waals surface area contributed by atoms with Gasteiger partial charge in [-0.3, -0.25) is 25.1 Å². The van der Waals surface area contributed by atoms with Crippen LogP contribution in [0.3, 0.4) is 0 Å². The zero-order valence-electron chi connectivity index (χ0n) is 13.9. The molecule has 2 aromatic rings. The molecule has 9 nitrogen and oxygen atoms in total. The van der Waals surface area contributed by atoms with E-state index in [4.69, 9.17) is 4.74 Å². The van der Waals surface area contributed by atoms with Crippen molar-refractivity contribution in [2.24, 2.45) is 0 Å². The molecule has 1 aliphatic rings. The predicted molar refractivity (Wildman–Crippen MR) is 97.3 cm³/mol. The lowest BCUT2D eigenvalue weighted by atomic mass is 10.1. The summed E-state index contributed by atoms with van der Waals surface area (Å²) in [5.41, 5.74) is 2.24. The van der Waals surface area contributed by atoms with Gasteiger partial charge < -0.3 is 4.74 Å². The first-order chi connectivity index (χ1) is 12.8. The van der Waals surface area contributed by atoms with Gasteiger partial charge in [-0.2, -0.15) is 5.01 Å². The Morgan fingerprint density at radius 2 is 1.89 bits per heavy atom. The van der Waals surface area contributed by atoms with Gasteiger partial charge in [0.25, 0.3) is 17.5 Å². The Labute approximate surface area is 161 Å². The molecule has 2 amide bonds. The van der Waals surface area contributed by atoms with Gasteiger partial charge in [0.1, 0.15) is 5.69 Å². The van der Waals surface area contributed by atoms with E-state index in [-0.39, 0.29) is 29.0 Å². The second kappa shape index (κ2) is 7.16. The van der Waals surface area contributed by atoms with Crippen LogP contribution in [0.25, 0.3) is 0 Å². The molecule has 0 unspecified atom stereocenters. The number of fused-ring (bicyclic) bond motifs is 1. The molecule has 0 radical (unpaired) electrons. The summed E-state index contributed by atoms with van der Waals surface area (Å²) in [7, 11) is 0. The van der Waals surface area contributed by atoms with Crippen molar-refractivity contribution in [2.75, 3.05) is 12.0 Å². The second-order valence-electron chi connectivity index (χ2n) is 5.46. The molecule has 27 heavy (non-hydrogen) atoms. The molecule has 0 saturated carbocycles. The van der Waals surface area contributed by atoms with Gasteiger partial charge in [0.05, 0.1) is 28.2 Å². The number of amides is 2. The third-order valence-corrected chi connectivity index (χ3v) is 4.28. The first-order valence-electron chi connectivity index (χ1n) is 7.74. The molecule has 0 aromatic heterocycles. The van der Waals surface area contributed by atoms with Crippen molar-refractivity contribution >= 4 is 45.1 Å². The van der Waals surface area contributed by atoms with Crippen LogP contribution >= 0.6 is 15.9 Å². The van der Waals surface area contributed by atoms with Crippen LogP contribution in [0.1, 0.15) is 38.0 Å². The molecule has 0 spiro atoms. The minimum atomic E-state index is -0.722. The molecule has 3 rings (SSSR count). The van der Waals surface area contributed by atoms with Crippen LogP contribution in [-0.2, 0) is 4.74 Å². The largest absolute Gasteiger partial charge is 0.462 e. The number of ether oxygens (including phenoxy) is 1. The molecule has 0 aliphatic carbocycles. The Morgan fingerprint density at radius 1 is 1.19 bits per heavy atom. The van der Waals surface area contributed by atoms with E-state index in [1.54, 1.807) is 13.0 Å². The summed E-state index contributed by atoms with van der Waals surface area (Å²) in [5.74, 6) is -1.98. The third-order valence-electron chi connectivity index (χ3n) is 3.79. The minimum absolute atomic E-state index is 0.0135. The van der Waals surface area contributed by atoms with Crippen LogP contribution < -0.4 is 5.43 Å². The molecule has 0 bridgehead atoms. The summed E-state index contributed by atoms with van der Waals surface area (Å²) >= 11 is 3.23. The molecule has 1 heterocycles. The third kappa shape index (κ3) is 3.38. The van der Waals surface area contributed by atoms with Crippen molar-refractivity contribution in [3.63, 3.8) is 0 Å². The van der Waals surface area contributed by atoms with Gasteiger partial charge in [0.2, 0.25) is 0 Å². The zero-order valence-corrected chi connectivity index (χ0v) is 15.5. The summed E-state index contributed by atoms with van der Waals surface area (Å²) in [6.45, 7) is 1.74. The average molecular weight is 434 g/mol. The second-order valence-corrected chi connectivity index (χ2v) is 6.37. The maximum atomic E-state index is 12.5. The lowest BCUT2D eigenvalue weighted by Crippen LogP contribution is -2.35. The van der Waals surface area contributed by atoms with Gasteiger partial charge in [0.15, 0.2) is 0 Å². The number of halogens is 1. The van der Waals surface area contributed by atoms with E-state index in [2.05, 4.69) is 21.4 Å². The highest BCUT2D eigenvalue weighted by atomic mass is 79.9. The molecule has 1 aliphatic heterocycles. The van der Waals surface area contributed by atoms with E-state index in [0.29, 0.717) is 9.48 Å². The number of esters is 1. The van der Waals surface area contributed by atoms with Crippen LogP contribution in [0.2, 0.25) is 0 Å². The Bertz CT molecular complexity index is 991. The first-order valence-corrected chi connectivity index (χ1v) is 8.53. The summed E-state index contributed by atoms with van der Waals surface area (Å²) in [5, 5.41) is 12.1. The van der Waals surface area contributed by atoms with E-state index in [1.165, 1.54) is 24.3 Å². The smallest absolute Gasteiger partial charge is 0.338 e. The maximum Gasteiger partial charge on any atom is 0.338 e. The molecule has 0 atom stereocenters. The Balaban J connectivity index is 1.94. The Morgan fingerprint density at radius 3 is 2.56 bits per heavy atom. The normalized spacial score (nSPS) is 12.7. The number of imide groups is 1. The fourth-order valence-corrected chi connectivity index (χ4v) is 2.91. The van der Waals surface area contributed by atoms with E-state index in [1.807, 2.05) is 0 Å². The zero-order chi connectivity index (χ0) is 19.7. The number of nitro groups is 1. The SMILES string of the molecule is CCOC(=O)c1ccc(NN2C(=O)c3ccc(Br)cc3C2=O)c([N+](=O)[O-])c1. The number of carbonyl (C=O) groups excluding carboxylic acids is 3. The van der Waals surface area contributed by atoms with Crippen LogP contribution in [0.5, 0.6) is 0 Å². The number of rotatable bonds is 5. The Hall–Kier alpha value is -3.27. The molecule has 138 valence electrons. The number of hydrogen-bond acceptors (Lipinski definition) is 7.